The molecule has 0 saturated carbocycles. The van der Waals surface area contributed by atoms with Crippen molar-refractivity contribution in [3.8, 4) is 5.75 Å². The number of fused-ring (bicyclic) bond motifs is 1. The summed E-state index contributed by atoms with van der Waals surface area (Å²) < 4.78 is 15.1. The molecule has 0 saturated heterocycles. The maximum atomic E-state index is 12.6. The van der Waals surface area contributed by atoms with E-state index in [0.717, 1.165) is 11.1 Å². The van der Waals surface area contributed by atoms with Crippen molar-refractivity contribution >= 4 is 29.4 Å². The molecule has 0 fully saturated rings. The molecule has 0 aromatic heterocycles. The minimum Gasteiger partial charge on any atom is -0.482 e. The van der Waals surface area contributed by atoms with E-state index in [1.807, 2.05) is 24.3 Å². The van der Waals surface area contributed by atoms with Gasteiger partial charge in [0.2, 0.25) is 0 Å². The number of methoxy groups -OCH3 is 1. The maximum absolute atomic E-state index is 12.6. The van der Waals surface area contributed by atoms with Crippen molar-refractivity contribution in [3.63, 3.8) is 0 Å². The van der Waals surface area contributed by atoms with Crippen LogP contribution in [0.25, 0.3) is 0 Å². The summed E-state index contributed by atoms with van der Waals surface area (Å²) in [6.45, 7) is -0.593. The second-order valence-electron chi connectivity index (χ2n) is 6.44. The quantitative estimate of drug-likeness (QED) is 0.671. The van der Waals surface area contributed by atoms with Gasteiger partial charge in [0, 0.05) is 18.0 Å². The number of halogens is 1. The number of carbonyl (C=O) groups excluding carboxylic acids is 3. The lowest BCUT2D eigenvalue weighted by Gasteiger charge is -2.35. The number of carbonyl (C=O) groups is 3. The van der Waals surface area contributed by atoms with Crippen LogP contribution < -0.4 is 4.74 Å². The first-order valence-corrected chi connectivity index (χ1v) is 9.34. The van der Waals surface area contributed by atoms with Crippen LogP contribution in [0.1, 0.15) is 11.1 Å². The van der Waals surface area contributed by atoms with Gasteiger partial charge in [0.05, 0.1) is 7.11 Å². The fourth-order valence-electron chi connectivity index (χ4n) is 3.07. The summed E-state index contributed by atoms with van der Waals surface area (Å²) in [6, 6.07) is 13.3. The van der Waals surface area contributed by atoms with Crippen molar-refractivity contribution in [3.05, 3.63) is 64.7 Å². The average molecular weight is 418 g/mol. The second-order valence-corrected chi connectivity index (χ2v) is 6.87. The molecule has 8 heteroatoms. The molecule has 0 radical (unpaired) electrons. The van der Waals surface area contributed by atoms with Gasteiger partial charge in [0.25, 0.3) is 5.91 Å². The predicted octanol–water partition coefficient (Wildman–Crippen LogP) is 2.39. The van der Waals surface area contributed by atoms with Crippen LogP contribution in [0.4, 0.5) is 0 Å². The highest BCUT2D eigenvalue weighted by atomic mass is 35.5. The summed E-state index contributed by atoms with van der Waals surface area (Å²) in [4.78, 5) is 38.1. The Morgan fingerprint density at radius 1 is 1.03 bits per heavy atom. The third-order valence-corrected chi connectivity index (χ3v) is 4.82. The van der Waals surface area contributed by atoms with E-state index in [4.69, 9.17) is 25.8 Å². The first-order valence-electron chi connectivity index (χ1n) is 8.96. The molecule has 0 bridgehead atoms. The zero-order chi connectivity index (χ0) is 20.8. The Labute approximate surface area is 173 Å². The van der Waals surface area contributed by atoms with Crippen molar-refractivity contribution in [1.82, 2.24) is 4.90 Å². The van der Waals surface area contributed by atoms with E-state index in [1.54, 1.807) is 24.3 Å². The third kappa shape index (κ3) is 5.26. The molecule has 1 atom stereocenters. The summed E-state index contributed by atoms with van der Waals surface area (Å²) >= 11 is 5.79. The number of amides is 1. The first kappa shape index (κ1) is 20.7. The van der Waals surface area contributed by atoms with Crippen molar-refractivity contribution in [2.75, 3.05) is 20.3 Å². The molecule has 3 rings (SSSR count). The Morgan fingerprint density at radius 2 is 1.72 bits per heavy atom. The topological polar surface area (TPSA) is 82.1 Å². The van der Waals surface area contributed by atoms with Gasteiger partial charge >= 0.3 is 11.9 Å². The maximum Gasteiger partial charge on any atom is 0.344 e. The standard InChI is InChI=1S/C21H20ClNO6/c1-27-21(26)18-10-14-4-2-3-5-15(14)11-23(18)19(24)12-29-20(25)13-28-17-8-6-16(22)7-9-17/h2-9,18H,10-13H2,1H3/t18-/m1/s1. The Bertz CT molecular complexity index is 898. The first-order chi connectivity index (χ1) is 14.0. The molecule has 29 heavy (non-hydrogen) atoms. The summed E-state index contributed by atoms with van der Waals surface area (Å²) in [6.07, 6.45) is 0.349. The molecule has 0 unspecified atom stereocenters. The summed E-state index contributed by atoms with van der Waals surface area (Å²) in [5.74, 6) is -1.23. The molecule has 152 valence electrons. The third-order valence-electron chi connectivity index (χ3n) is 4.57. The van der Waals surface area contributed by atoms with Gasteiger partial charge in [-0.2, -0.15) is 0 Å². The van der Waals surface area contributed by atoms with Gasteiger partial charge in [0.15, 0.2) is 13.2 Å². The van der Waals surface area contributed by atoms with Crippen molar-refractivity contribution in [1.29, 1.82) is 0 Å². The van der Waals surface area contributed by atoms with Crippen LogP contribution in [0.2, 0.25) is 5.02 Å². The minimum atomic E-state index is -0.758. The number of esters is 2. The molecule has 0 aliphatic carbocycles. The molecule has 1 heterocycles. The van der Waals surface area contributed by atoms with Crippen molar-refractivity contribution in [2.24, 2.45) is 0 Å². The van der Waals surface area contributed by atoms with Crippen LogP contribution in [0, 0.1) is 0 Å². The monoisotopic (exact) mass is 417 g/mol. The number of ether oxygens (including phenoxy) is 3. The highest BCUT2D eigenvalue weighted by Crippen LogP contribution is 2.24. The van der Waals surface area contributed by atoms with Gasteiger partial charge in [0.1, 0.15) is 11.8 Å². The summed E-state index contributed by atoms with van der Waals surface area (Å²) in [5, 5.41) is 0.550. The normalized spacial score (nSPS) is 15.2. The number of hydrogen-bond acceptors (Lipinski definition) is 6. The zero-order valence-electron chi connectivity index (χ0n) is 15.8. The van der Waals surface area contributed by atoms with Gasteiger partial charge in [-0.25, -0.2) is 9.59 Å². The second kappa shape index (κ2) is 9.43. The lowest BCUT2D eigenvalue weighted by Crippen LogP contribution is -2.50. The molecule has 2 aromatic rings. The van der Waals surface area contributed by atoms with Gasteiger partial charge in [-0.1, -0.05) is 35.9 Å². The van der Waals surface area contributed by atoms with E-state index in [2.05, 4.69) is 0 Å². The lowest BCUT2D eigenvalue weighted by atomic mass is 9.94. The van der Waals surface area contributed by atoms with Gasteiger partial charge in [-0.3, -0.25) is 4.79 Å². The van der Waals surface area contributed by atoms with E-state index in [1.165, 1.54) is 12.0 Å². The number of nitrogens with zero attached hydrogens (tertiary/aromatic N) is 1. The SMILES string of the molecule is COC(=O)[C@H]1Cc2ccccc2CN1C(=O)COC(=O)COc1ccc(Cl)cc1. The van der Waals surface area contributed by atoms with E-state index >= 15 is 0 Å². The van der Waals surface area contributed by atoms with Crippen LogP contribution in [0.15, 0.2) is 48.5 Å². The highest BCUT2D eigenvalue weighted by molar-refractivity contribution is 6.30. The fourth-order valence-corrected chi connectivity index (χ4v) is 3.20. The molecule has 0 spiro atoms. The molecule has 1 aliphatic rings. The lowest BCUT2D eigenvalue weighted by molar-refractivity contribution is -0.160. The summed E-state index contributed by atoms with van der Waals surface area (Å²) in [7, 11) is 1.28. The van der Waals surface area contributed by atoms with Crippen LogP contribution in [-0.2, 0) is 36.8 Å². The molecule has 7 nitrogen and oxygen atoms in total. The molecule has 1 aliphatic heterocycles. The zero-order valence-corrected chi connectivity index (χ0v) is 16.6. The van der Waals surface area contributed by atoms with Crippen LogP contribution in [-0.4, -0.2) is 49.1 Å². The van der Waals surface area contributed by atoms with Crippen molar-refractivity contribution in [2.45, 2.75) is 19.0 Å². The average Bonchev–Trinajstić information content (AvgIpc) is 2.75. The van der Waals surface area contributed by atoms with Gasteiger partial charge in [-0.15, -0.1) is 0 Å². The smallest absolute Gasteiger partial charge is 0.344 e. The Morgan fingerprint density at radius 3 is 2.41 bits per heavy atom. The highest BCUT2D eigenvalue weighted by Gasteiger charge is 2.35. The van der Waals surface area contributed by atoms with E-state index in [-0.39, 0.29) is 13.2 Å². The fraction of sp³-hybridized carbons (Fsp3) is 0.286. The molecule has 0 N–H and O–H groups in total. The van der Waals surface area contributed by atoms with E-state index < -0.39 is 30.5 Å². The van der Waals surface area contributed by atoms with Crippen LogP contribution in [0.3, 0.4) is 0 Å². The molecular weight excluding hydrogens is 398 g/mol. The van der Waals surface area contributed by atoms with Gasteiger partial charge in [-0.05, 0) is 35.4 Å². The Hall–Kier alpha value is -3.06. The molecular formula is C21H20ClNO6. The van der Waals surface area contributed by atoms with Crippen LogP contribution in [0.5, 0.6) is 5.75 Å². The van der Waals surface area contributed by atoms with E-state index in [9.17, 15) is 14.4 Å². The molecule has 1 amide bonds. The minimum absolute atomic E-state index is 0.244. The summed E-state index contributed by atoms with van der Waals surface area (Å²) in [5.41, 5.74) is 1.93. The van der Waals surface area contributed by atoms with Gasteiger partial charge < -0.3 is 19.1 Å². The Balaban J connectivity index is 1.57. The van der Waals surface area contributed by atoms with Crippen LogP contribution >= 0.6 is 11.6 Å². The predicted molar refractivity (Wildman–Crippen MR) is 104 cm³/mol. The van der Waals surface area contributed by atoms with Crippen molar-refractivity contribution < 1.29 is 28.6 Å². The largest absolute Gasteiger partial charge is 0.482 e. The number of rotatable bonds is 6. The molecule has 2 aromatic carbocycles. The number of benzene rings is 2. The number of hydrogen-bond donors (Lipinski definition) is 0. The van der Waals surface area contributed by atoms with E-state index in [0.29, 0.717) is 17.2 Å². The Kier molecular flexibility index (Phi) is 6.72.